The summed E-state index contributed by atoms with van der Waals surface area (Å²) < 4.78 is 16.5. The number of rotatable bonds is 7. The van der Waals surface area contributed by atoms with E-state index in [0.717, 1.165) is 30.0 Å². The second-order valence-electron chi connectivity index (χ2n) is 6.36. The average molecular weight is 382 g/mol. The van der Waals surface area contributed by atoms with Gasteiger partial charge in [0.2, 0.25) is 0 Å². The Hall–Kier alpha value is -2.99. The molecule has 0 saturated carbocycles. The van der Waals surface area contributed by atoms with Crippen LogP contribution in [-0.4, -0.2) is 45.9 Å². The Morgan fingerprint density at radius 1 is 1.18 bits per heavy atom. The Morgan fingerprint density at radius 2 is 1.96 bits per heavy atom. The van der Waals surface area contributed by atoms with Gasteiger partial charge in [-0.2, -0.15) is 0 Å². The zero-order valence-electron chi connectivity index (χ0n) is 16.3. The van der Waals surface area contributed by atoms with Gasteiger partial charge in [-0.3, -0.25) is 4.79 Å². The minimum absolute atomic E-state index is 0.100. The molecule has 1 N–H and O–H groups in total. The number of carbonyl (C=O) groups is 1. The highest BCUT2D eigenvalue weighted by atomic mass is 16.5. The summed E-state index contributed by atoms with van der Waals surface area (Å²) in [6.07, 6.45) is 3.93. The first-order valence-corrected chi connectivity index (χ1v) is 9.36. The van der Waals surface area contributed by atoms with Crippen LogP contribution >= 0.6 is 0 Å². The predicted octanol–water partition coefficient (Wildman–Crippen LogP) is 3.58. The fraction of sp³-hybridized carbons (Fsp3) is 0.318. The molecule has 2 aromatic carbocycles. The number of ether oxygens (including phenoxy) is 3. The van der Waals surface area contributed by atoms with Gasteiger partial charge in [0.05, 0.1) is 31.7 Å². The van der Waals surface area contributed by atoms with Crippen LogP contribution in [0.3, 0.4) is 0 Å². The molecule has 148 valence electrons. The lowest BCUT2D eigenvalue weighted by Crippen LogP contribution is -2.37. The van der Waals surface area contributed by atoms with E-state index in [1.165, 1.54) is 0 Å². The molecule has 0 aliphatic carbocycles. The van der Waals surface area contributed by atoms with E-state index in [1.54, 1.807) is 7.11 Å². The van der Waals surface area contributed by atoms with Crippen LogP contribution in [-0.2, 0) is 9.53 Å². The molecule has 0 atom stereocenters. The Bertz CT molecular complexity index is 829. The number of para-hydroxylation sites is 2. The molecular weight excluding hydrogens is 356 g/mol. The highest BCUT2D eigenvalue weighted by Gasteiger charge is 2.16. The molecule has 1 aliphatic heterocycles. The van der Waals surface area contributed by atoms with Crippen molar-refractivity contribution in [2.24, 2.45) is 0 Å². The third-order valence-electron chi connectivity index (χ3n) is 4.44. The average Bonchev–Trinajstić information content (AvgIpc) is 2.74. The normalized spacial score (nSPS) is 14.1. The Labute approximate surface area is 165 Å². The van der Waals surface area contributed by atoms with Crippen molar-refractivity contribution in [3.63, 3.8) is 0 Å². The van der Waals surface area contributed by atoms with Gasteiger partial charge in [-0.1, -0.05) is 30.4 Å². The van der Waals surface area contributed by atoms with Crippen molar-refractivity contribution in [2.45, 2.75) is 6.92 Å². The van der Waals surface area contributed by atoms with Gasteiger partial charge >= 0.3 is 0 Å². The van der Waals surface area contributed by atoms with Gasteiger partial charge in [-0.15, -0.1) is 0 Å². The van der Waals surface area contributed by atoms with Crippen molar-refractivity contribution in [2.75, 3.05) is 50.2 Å². The number of anilines is 2. The number of benzene rings is 2. The molecule has 1 heterocycles. The summed E-state index contributed by atoms with van der Waals surface area (Å²) in [5.41, 5.74) is 2.77. The van der Waals surface area contributed by atoms with Crippen LogP contribution in [0.1, 0.15) is 12.5 Å². The Balaban J connectivity index is 1.64. The third kappa shape index (κ3) is 5.04. The number of nitrogens with one attached hydrogen (secondary N) is 1. The number of amides is 1. The van der Waals surface area contributed by atoms with Crippen molar-refractivity contribution < 1.29 is 19.0 Å². The highest BCUT2D eigenvalue weighted by Crippen LogP contribution is 2.29. The molecule has 0 spiro atoms. The monoisotopic (exact) mass is 382 g/mol. The zero-order valence-corrected chi connectivity index (χ0v) is 16.3. The minimum Gasteiger partial charge on any atom is -0.493 e. The number of methoxy groups -OCH3 is 1. The fourth-order valence-electron chi connectivity index (χ4n) is 3.09. The topological polar surface area (TPSA) is 60.0 Å². The van der Waals surface area contributed by atoms with E-state index in [4.69, 9.17) is 14.2 Å². The number of allylic oxidation sites excluding steroid dienone is 1. The van der Waals surface area contributed by atoms with Gasteiger partial charge in [0.1, 0.15) is 0 Å². The van der Waals surface area contributed by atoms with Gasteiger partial charge < -0.3 is 24.4 Å². The van der Waals surface area contributed by atoms with Crippen molar-refractivity contribution in [1.82, 2.24) is 0 Å². The molecule has 1 fully saturated rings. The fourth-order valence-corrected chi connectivity index (χ4v) is 3.09. The number of hydrogen-bond acceptors (Lipinski definition) is 5. The SMILES string of the molecule is CC=Cc1ccc(OCC(=O)Nc2ccccc2N2CCOCC2)c(OC)c1. The van der Waals surface area contributed by atoms with Gasteiger partial charge in [0.25, 0.3) is 5.91 Å². The number of hydrogen-bond donors (Lipinski definition) is 1. The molecule has 3 rings (SSSR count). The van der Waals surface area contributed by atoms with Crippen LogP contribution in [0, 0.1) is 0 Å². The van der Waals surface area contributed by atoms with E-state index in [-0.39, 0.29) is 12.5 Å². The molecule has 0 radical (unpaired) electrons. The second-order valence-corrected chi connectivity index (χ2v) is 6.36. The van der Waals surface area contributed by atoms with Crippen LogP contribution in [0.25, 0.3) is 6.08 Å². The molecule has 28 heavy (non-hydrogen) atoms. The van der Waals surface area contributed by atoms with Crippen LogP contribution in [0.5, 0.6) is 11.5 Å². The predicted molar refractivity (Wildman–Crippen MR) is 111 cm³/mol. The number of nitrogens with zero attached hydrogens (tertiary/aromatic N) is 1. The molecule has 6 heteroatoms. The van der Waals surface area contributed by atoms with E-state index in [2.05, 4.69) is 10.2 Å². The summed E-state index contributed by atoms with van der Waals surface area (Å²) in [5, 5.41) is 2.95. The molecule has 0 aromatic heterocycles. The smallest absolute Gasteiger partial charge is 0.262 e. The van der Waals surface area contributed by atoms with E-state index in [0.29, 0.717) is 24.7 Å². The molecule has 2 aromatic rings. The minimum atomic E-state index is -0.222. The van der Waals surface area contributed by atoms with Crippen LogP contribution in [0.4, 0.5) is 11.4 Å². The molecule has 6 nitrogen and oxygen atoms in total. The summed E-state index contributed by atoms with van der Waals surface area (Å²) in [7, 11) is 1.58. The van der Waals surface area contributed by atoms with Gasteiger partial charge in [-0.05, 0) is 36.8 Å². The van der Waals surface area contributed by atoms with Crippen molar-refractivity contribution >= 4 is 23.4 Å². The maximum atomic E-state index is 12.5. The third-order valence-corrected chi connectivity index (χ3v) is 4.44. The Kier molecular flexibility index (Phi) is 6.92. The van der Waals surface area contributed by atoms with Gasteiger partial charge in [-0.25, -0.2) is 0 Å². The van der Waals surface area contributed by atoms with E-state index >= 15 is 0 Å². The van der Waals surface area contributed by atoms with Crippen molar-refractivity contribution in [3.8, 4) is 11.5 Å². The van der Waals surface area contributed by atoms with Gasteiger partial charge in [0.15, 0.2) is 18.1 Å². The first-order chi connectivity index (χ1) is 13.7. The summed E-state index contributed by atoms with van der Waals surface area (Å²) in [5.74, 6) is 0.907. The Morgan fingerprint density at radius 3 is 2.71 bits per heavy atom. The lowest BCUT2D eigenvalue weighted by atomic mass is 10.2. The molecular formula is C22H26N2O4. The number of morpholine rings is 1. The van der Waals surface area contributed by atoms with Crippen LogP contribution in [0.15, 0.2) is 48.5 Å². The summed E-state index contributed by atoms with van der Waals surface area (Å²) >= 11 is 0. The van der Waals surface area contributed by atoms with E-state index in [9.17, 15) is 4.79 Å². The molecule has 1 saturated heterocycles. The van der Waals surface area contributed by atoms with Crippen LogP contribution < -0.4 is 19.7 Å². The zero-order chi connectivity index (χ0) is 19.8. The summed E-state index contributed by atoms with van der Waals surface area (Å²) in [6, 6.07) is 13.4. The lowest BCUT2D eigenvalue weighted by molar-refractivity contribution is -0.118. The number of carbonyl (C=O) groups excluding carboxylic acids is 1. The molecule has 1 aliphatic rings. The van der Waals surface area contributed by atoms with Gasteiger partial charge in [0, 0.05) is 13.1 Å². The first kappa shape index (κ1) is 19.8. The standard InChI is InChI=1S/C22H26N2O4/c1-3-6-17-9-10-20(21(15-17)26-2)28-16-22(25)23-18-7-4-5-8-19(18)24-11-13-27-14-12-24/h3-10,15H,11-14,16H2,1-2H3,(H,23,25). The van der Waals surface area contributed by atoms with Crippen molar-refractivity contribution in [3.05, 3.63) is 54.1 Å². The molecule has 1 amide bonds. The summed E-state index contributed by atoms with van der Waals surface area (Å²) in [6.45, 7) is 4.84. The second kappa shape index (κ2) is 9.80. The van der Waals surface area contributed by atoms with E-state index in [1.807, 2.05) is 61.5 Å². The maximum Gasteiger partial charge on any atom is 0.262 e. The van der Waals surface area contributed by atoms with E-state index < -0.39 is 0 Å². The molecule has 0 bridgehead atoms. The first-order valence-electron chi connectivity index (χ1n) is 9.36. The quantitative estimate of drug-likeness (QED) is 0.793. The lowest BCUT2D eigenvalue weighted by Gasteiger charge is -2.30. The maximum absolute atomic E-state index is 12.5. The highest BCUT2D eigenvalue weighted by molar-refractivity contribution is 5.95. The molecule has 0 unspecified atom stereocenters. The summed E-state index contributed by atoms with van der Waals surface area (Å²) in [4.78, 5) is 14.7. The largest absolute Gasteiger partial charge is 0.493 e. The van der Waals surface area contributed by atoms with Crippen LogP contribution in [0.2, 0.25) is 0 Å². The van der Waals surface area contributed by atoms with Crippen molar-refractivity contribution in [1.29, 1.82) is 0 Å².